The molecule has 0 unspecified atom stereocenters. The first-order valence-electron chi connectivity index (χ1n) is 14.5. The average molecular weight is 646 g/mol. The number of fused-ring (bicyclic) bond motifs is 1. The molecule has 8 nitrogen and oxygen atoms in total. The molecule has 0 spiro atoms. The van der Waals surface area contributed by atoms with Crippen molar-refractivity contribution in [1.82, 2.24) is 9.97 Å². The lowest BCUT2D eigenvalue weighted by Crippen LogP contribution is -2.57. The Labute approximate surface area is 260 Å². The third kappa shape index (κ3) is 6.55. The highest BCUT2D eigenvalue weighted by molar-refractivity contribution is 7.18. The summed E-state index contributed by atoms with van der Waals surface area (Å²) in [4.78, 5) is 34.6. The second kappa shape index (κ2) is 11.9. The summed E-state index contributed by atoms with van der Waals surface area (Å²) in [6, 6.07) is 8.81. The smallest absolute Gasteiger partial charge is 0.256 e. The van der Waals surface area contributed by atoms with E-state index in [1.807, 2.05) is 19.2 Å². The van der Waals surface area contributed by atoms with Crippen molar-refractivity contribution in [2.24, 2.45) is 0 Å². The van der Waals surface area contributed by atoms with Gasteiger partial charge in [-0.15, -0.1) is 11.3 Å². The molecule has 4 atom stereocenters. The minimum atomic E-state index is -2.55. The van der Waals surface area contributed by atoms with Crippen molar-refractivity contribution in [3.05, 3.63) is 53.2 Å². The van der Waals surface area contributed by atoms with Gasteiger partial charge in [0.15, 0.2) is 40.5 Å². The molecule has 2 aromatic heterocycles. The van der Waals surface area contributed by atoms with E-state index >= 15 is 4.39 Å². The predicted molar refractivity (Wildman–Crippen MR) is 175 cm³/mol. The summed E-state index contributed by atoms with van der Waals surface area (Å²) in [6.45, 7) is 20.7. The van der Waals surface area contributed by atoms with Crippen molar-refractivity contribution in [2.45, 2.75) is 102 Å². The number of carbonyl (C=O) groups excluding carboxylic acids is 2. The normalized spacial score (nSPS) is 23.5. The van der Waals surface area contributed by atoms with E-state index in [9.17, 15) is 9.59 Å². The first kappa shape index (κ1) is 33.5. The van der Waals surface area contributed by atoms with Gasteiger partial charge in [-0.2, -0.15) is 0 Å². The SMILES string of the molecule is CC(C)(C)[Si](C)(C)OC[C@@]1(C=O)O[C@@H](c2csc3c(NC(=O)c4ccccc4)ncnc23)[C@H](F)[C@@H]1O[Si](C)(C)C(C)(C)C. The number of nitrogens with one attached hydrogen (secondary N) is 1. The van der Waals surface area contributed by atoms with E-state index in [1.165, 1.54) is 17.7 Å². The summed E-state index contributed by atoms with van der Waals surface area (Å²) in [5, 5.41) is 4.25. The zero-order valence-corrected chi connectivity index (χ0v) is 29.6. The van der Waals surface area contributed by atoms with E-state index in [1.54, 1.807) is 29.6 Å². The largest absolute Gasteiger partial charge is 0.413 e. The summed E-state index contributed by atoms with van der Waals surface area (Å²) in [5.74, 6) is 0.00195. The predicted octanol–water partition coefficient (Wildman–Crippen LogP) is 7.70. The highest BCUT2D eigenvalue weighted by atomic mass is 32.1. The Balaban J connectivity index is 1.73. The highest BCUT2D eigenvalue weighted by Gasteiger charge is 2.61. The van der Waals surface area contributed by atoms with Crippen LogP contribution in [0.25, 0.3) is 10.2 Å². The fraction of sp³-hybridized carbons (Fsp3) is 0.548. The number of hydrogen-bond acceptors (Lipinski definition) is 8. The maximum Gasteiger partial charge on any atom is 0.256 e. The van der Waals surface area contributed by atoms with Gasteiger partial charge in [0.1, 0.15) is 18.5 Å². The molecule has 43 heavy (non-hydrogen) atoms. The Hall–Kier alpha value is -2.36. The molecule has 1 amide bonds. The van der Waals surface area contributed by atoms with Gasteiger partial charge < -0.3 is 18.9 Å². The molecule has 234 valence electrons. The van der Waals surface area contributed by atoms with Gasteiger partial charge in [-0.05, 0) is 53.8 Å². The number of anilines is 1. The summed E-state index contributed by atoms with van der Waals surface area (Å²) in [5.41, 5.74) is -0.239. The second-order valence-corrected chi connectivity index (χ2v) is 24.8. The van der Waals surface area contributed by atoms with Crippen LogP contribution in [0.15, 0.2) is 42.0 Å². The molecular weight excluding hydrogens is 602 g/mol. The molecule has 1 aromatic carbocycles. The van der Waals surface area contributed by atoms with E-state index in [4.69, 9.17) is 13.6 Å². The summed E-state index contributed by atoms with van der Waals surface area (Å²) >= 11 is 1.28. The van der Waals surface area contributed by atoms with E-state index in [0.29, 0.717) is 33.4 Å². The summed E-state index contributed by atoms with van der Waals surface area (Å²) in [6.07, 6.45) is -1.98. The number of amides is 1. The molecule has 0 saturated carbocycles. The minimum Gasteiger partial charge on any atom is -0.413 e. The van der Waals surface area contributed by atoms with Crippen molar-refractivity contribution in [1.29, 1.82) is 0 Å². The maximum absolute atomic E-state index is 16.8. The van der Waals surface area contributed by atoms with E-state index < -0.39 is 40.6 Å². The van der Waals surface area contributed by atoms with Crippen LogP contribution in [-0.4, -0.2) is 63.3 Å². The Kier molecular flexibility index (Phi) is 9.25. The molecule has 1 N–H and O–H groups in total. The fourth-order valence-corrected chi connectivity index (χ4v) is 7.70. The number of hydrogen-bond donors (Lipinski definition) is 1. The average Bonchev–Trinajstić information content (AvgIpc) is 3.47. The third-order valence-electron chi connectivity index (χ3n) is 9.25. The van der Waals surface area contributed by atoms with Gasteiger partial charge in [-0.3, -0.25) is 9.59 Å². The number of aldehydes is 1. The summed E-state index contributed by atoms with van der Waals surface area (Å²) < 4.78 is 37.0. The molecule has 1 fully saturated rings. The lowest BCUT2D eigenvalue weighted by molar-refractivity contribution is -0.144. The Morgan fingerprint density at radius 2 is 1.70 bits per heavy atom. The van der Waals surface area contributed by atoms with Crippen LogP contribution in [0, 0.1) is 0 Å². The number of rotatable bonds is 9. The molecule has 4 rings (SSSR count). The molecular formula is C31H44FN3O5SSi2. The van der Waals surface area contributed by atoms with Crippen LogP contribution in [0.5, 0.6) is 0 Å². The first-order chi connectivity index (χ1) is 19.8. The molecule has 3 aromatic rings. The zero-order chi connectivity index (χ0) is 32.0. The standard InChI is InChI=1S/C31H44FN3O5SSi2/c1-29(2,3)42(7,8)38-18-31(17-36)26(40-43(9,10)30(4,5)6)22(32)24(39-31)21-16-41-25-23(21)33-19-34-27(25)35-28(37)20-14-12-11-13-15-20/h11-17,19,22,24,26H,18H2,1-10H3,(H,33,34,35,37)/t22-,24-,26-,31+/m0/s1. The number of aromatic nitrogens is 2. The van der Waals surface area contributed by atoms with E-state index in [0.717, 1.165) is 0 Å². The van der Waals surface area contributed by atoms with Crippen molar-refractivity contribution >= 4 is 56.2 Å². The molecule has 3 heterocycles. The van der Waals surface area contributed by atoms with Crippen molar-refractivity contribution in [3.63, 3.8) is 0 Å². The van der Waals surface area contributed by atoms with Crippen molar-refractivity contribution in [3.8, 4) is 0 Å². The van der Waals surface area contributed by atoms with E-state index in [2.05, 4.69) is 69.9 Å². The highest BCUT2D eigenvalue weighted by Crippen LogP contribution is 2.50. The van der Waals surface area contributed by atoms with Gasteiger partial charge in [0, 0.05) is 11.1 Å². The van der Waals surface area contributed by atoms with Crippen LogP contribution < -0.4 is 5.32 Å². The van der Waals surface area contributed by atoms with Crippen LogP contribution in [0.1, 0.15) is 63.6 Å². The van der Waals surface area contributed by atoms with Gasteiger partial charge in [-0.1, -0.05) is 59.7 Å². The Bertz CT molecular complexity index is 1470. The lowest BCUT2D eigenvalue weighted by Gasteiger charge is -2.43. The third-order valence-corrected chi connectivity index (χ3v) is 19.2. The Morgan fingerprint density at radius 1 is 1.07 bits per heavy atom. The van der Waals surface area contributed by atoms with Crippen molar-refractivity contribution in [2.75, 3.05) is 11.9 Å². The number of nitrogens with zero attached hydrogens (tertiary/aromatic N) is 2. The number of thiophene rings is 1. The van der Waals surface area contributed by atoms with Crippen molar-refractivity contribution < 1.29 is 27.6 Å². The molecule has 1 aliphatic rings. The summed E-state index contributed by atoms with van der Waals surface area (Å²) in [7, 11) is -4.88. The zero-order valence-electron chi connectivity index (χ0n) is 26.8. The van der Waals surface area contributed by atoms with Gasteiger partial charge >= 0.3 is 0 Å². The number of benzene rings is 1. The molecule has 0 bridgehead atoms. The van der Waals surface area contributed by atoms with Crippen LogP contribution in [-0.2, 0) is 18.4 Å². The number of alkyl halides is 1. The molecule has 0 radical (unpaired) electrons. The first-order valence-corrected chi connectivity index (χ1v) is 21.2. The van der Waals surface area contributed by atoms with Gasteiger partial charge in [0.25, 0.3) is 5.91 Å². The monoisotopic (exact) mass is 645 g/mol. The van der Waals surface area contributed by atoms with Gasteiger partial charge in [0.2, 0.25) is 0 Å². The molecule has 0 aliphatic carbocycles. The van der Waals surface area contributed by atoms with E-state index in [-0.39, 0.29) is 22.6 Å². The topological polar surface area (TPSA) is 99.6 Å². The molecule has 1 saturated heterocycles. The number of halogens is 1. The molecule has 12 heteroatoms. The van der Waals surface area contributed by atoms with Crippen LogP contribution in [0.2, 0.25) is 36.3 Å². The number of ether oxygens (including phenoxy) is 1. The minimum absolute atomic E-state index is 0.112. The van der Waals surface area contributed by atoms with Crippen LogP contribution in [0.3, 0.4) is 0 Å². The van der Waals surface area contributed by atoms with Gasteiger partial charge in [-0.25, -0.2) is 14.4 Å². The van der Waals surface area contributed by atoms with Crippen LogP contribution >= 0.6 is 11.3 Å². The lowest BCUT2D eigenvalue weighted by atomic mass is 9.96. The number of carbonyl (C=O) groups is 2. The van der Waals surface area contributed by atoms with Crippen LogP contribution in [0.4, 0.5) is 10.2 Å². The Morgan fingerprint density at radius 3 is 2.28 bits per heavy atom. The fourth-order valence-electron chi connectivity index (χ4n) is 4.37. The second-order valence-electron chi connectivity index (χ2n) is 14.3. The molecule has 1 aliphatic heterocycles. The maximum atomic E-state index is 16.8. The van der Waals surface area contributed by atoms with Gasteiger partial charge in [0.05, 0.1) is 16.8 Å². The quantitative estimate of drug-likeness (QED) is 0.188.